The predicted molar refractivity (Wildman–Crippen MR) is 124 cm³/mol. The van der Waals surface area contributed by atoms with E-state index in [9.17, 15) is 8.42 Å². The van der Waals surface area contributed by atoms with E-state index in [0.717, 1.165) is 12.0 Å². The van der Waals surface area contributed by atoms with E-state index in [-0.39, 0.29) is 4.90 Å². The van der Waals surface area contributed by atoms with Gasteiger partial charge >= 0.3 is 0 Å². The molecule has 0 saturated carbocycles. The fourth-order valence-electron chi connectivity index (χ4n) is 3.49. The summed E-state index contributed by atoms with van der Waals surface area (Å²) in [7, 11) is -3.53. The van der Waals surface area contributed by atoms with Gasteiger partial charge in [-0.1, -0.05) is 94.5 Å². The molecule has 160 valence electrons. The molecule has 0 radical (unpaired) electrons. The van der Waals surface area contributed by atoms with Gasteiger partial charge in [0.1, 0.15) is 0 Å². The van der Waals surface area contributed by atoms with Crippen molar-refractivity contribution in [1.82, 2.24) is 0 Å². The van der Waals surface area contributed by atoms with Crippen LogP contribution in [-0.2, 0) is 16.4 Å². The summed E-state index contributed by atoms with van der Waals surface area (Å²) >= 11 is 0. The van der Waals surface area contributed by atoms with E-state index in [1.54, 1.807) is 12.1 Å². The van der Waals surface area contributed by atoms with Gasteiger partial charge in [-0.15, -0.1) is 0 Å². The SMILES string of the molecule is CCCCCCCCCCCCc1ccc(NS(=O)(=O)c2ccc(C)cc2)cc1. The fraction of sp³-hybridized carbons (Fsp3) is 0.520. The number of anilines is 1. The van der Waals surface area contributed by atoms with Gasteiger partial charge in [-0.2, -0.15) is 0 Å². The Hall–Kier alpha value is -1.81. The van der Waals surface area contributed by atoms with Crippen LogP contribution in [0.1, 0.15) is 82.3 Å². The molecular formula is C25H37NO2S. The Kier molecular flexibility index (Phi) is 10.3. The van der Waals surface area contributed by atoms with Gasteiger partial charge < -0.3 is 0 Å². The molecule has 2 rings (SSSR count). The number of sulfonamides is 1. The van der Waals surface area contributed by atoms with E-state index in [1.807, 2.05) is 43.3 Å². The van der Waals surface area contributed by atoms with Crippen LogP contribution in [0.3, 0.4) is 0 Å². The first kappa shape index (κ1) is 23.5. The van der Waals surface area contributed by atoms with Gasteiger partial charge in [-0.25, -0.2) is 8.42 Å². The van der Waals surface area contributed by atoms with Crippen molar-refractivity contribution in [3.63, 3.8) is 0 Å². The van der Waals surface area contributed by atoms with Crippen molar-refractivity contribution < 1.29 is 8.42 Å². The van der Waals surface area contributed by atoms with Gasteiger partial charge in [0.05, 0.1) is 4.90 Å². The molecular weight excluding hydrogens is 378 g/mol. The molecule has 0 fully saturated rings. The molecule has 0 aliphatic rings. The minimum atomic E-state index is -3.53. The lowest BCUT2D eigenvalue weighted by molar-refractivity contribution is 0.556. The average Bonchev–Trinajstić information content (AvgIpc) is 2.71. The van der Waals surface area contributed by atoms with E-state index in [4.69, 9.17) is 0 Å². The molecule has 0 bridgehead atoms. The Labute approximate surface area is 178 Å². The van der Waals surface area contributed by atoms with Crippen molar-refractivity contribution in [2.75, 3.05) is 4.72 Å². The van der Waals surface area contributed by atoms with E-state index in [2.05, 4.69) is 11.6 Å². The van der Waals surface area contributed by atoms with Crippen molar-refractivity contribution in [2.24, 2.45) is 0 Å². The quantitative estimate of drug-likeness (QED) is 0.330. The van der Waals surface area contributed by atoms with Gasteiger partial charge in [0.25, 0.3) is 10.0 Å². The maximum absolute atomic E-state index is 12.5. The average molecular weight is 416 g/mol. The second-order valence-corrected chi connectivity index (χ2v) is 9.73. The van der Waals surface area contributed by atoms with Gasteiger partial charge in [0.2, 0.25) is 0 Å². The summed E-state index contributed by atoms with van der Waals surface area (Å²) in [6.45, 7) is 4.20. The standard InChI is InChI=1S/C25H37NO2S/c1-3-4-5-6-7-8-9-10-11-12-13-23-16-18-24(19-17-23)26-29(27,28)25-20-14-22(2)15-21-25/h14-21,26H,3-13H2,1-2H3. The van der Waals surface area contributed by atoms with Crippen LogP contribution in [0.15, 0.2) is 53.4 Å². The number of hydrogen-bond acceptors (Lipinski definition) is 2. The van der Waals surface area contributed by atoms with Crippen LogP contribution in [0.4, 0.5) is 5.69 Å². The largest absolute Gasteiger partial charge is 0.280 e. The highest BCUT2D eigenvalue weighted by Gasteiger charge is 2.13. The normalized spacial score (nSPS) is 11.5. The molecule has 2 aromatic carbocycles. The first-order chi connectivity index (χ1) is 14.0. The molecule has 0 amide bonds. The van der Waals surface area contributed by atoms with Gasteiger partial charge in [-0.3, -0.25) is 4.72 Å². The molecule has 0 heterocycles. The van der Waals surface area contributed by atoms with Gasteiger partial charge in [-0.05, 0) is 49.6 Å². The smallest absolute Gasteiger partial charge is 0.261 e. The topological polar surface area (TPSA) is 46.2 Å². The molecule has 0 spiro atoms. The van der Waals surface area contributed by atoms with Crippen molar-refractivity contribution >= 4 is 15.7 Å². The van der Waals surface area contributed by atoms with Gasteiger partial charge in [0.15, 0.2) is 0 Å². The zero-order chi connectivity index (χ0) is 21.0. The van der Waals surface area contributed by atoms with Crippen LogP contribution in [-0.4, -0.2) is 8.42 Å². The molecule has 4 heteroatoms. The van der Waals surface area contributed by atoms with Crippen LogP contribution in [0.5, 0.6) is 0 Å². The molecule has 3 nitrogen and oxygen atoms in total. The zero-order valence-electron chi connectivity index (χ0n) is 18.1. The Morgan fingerprint density at radius 3 is 1.76 bits per heavy atom. The number of hydrogen-bond donors (Lipinski definition) is 1. The summed E-state index contributed by atoms with van der Waals surface area (Å²) in [6.07, 6.45) is 14.5. The van der Waals surface area contributed by atoms with Crippen LogP contribution >= 0.6 is 0 Å². The lowest BCUT2D eigenvalue weighted by Gasteiger charge is -2.09. The van der Waals surface area contributed by atoms with Crippen molar-refractivity contribution in [1.29, 1.82) is 0 Å². The lowest BCUT2D eigenvalue weighted by Crippen LogP contribution is -2.12. The minimum Gasteiger partial charge on any atom is -0.280 e. The Morgan fingerprint density at radius 2 is 1.21 bits per heavy atom. The molecule has 2 aromatic rings. The van der Waals surface area contributed by atoms with Crippen LogP contribution < -0.4 is 4.72 Å². The summed E-state index contributed by atoms with van der Waals surface area (Å²) in [6, 6.07) is 14.7. The molecule has 0 aromatic heterocycles. The Morgan fingerprint density at radius 1 is 0.690 bits per heavy atom. The molecule has 1 N–H and O–H groups in total. The molecule has 0 aliphatic carbocycles. The summed E-state index contributed by atoms with van der Waals surface area (Å²) in [5, 5.41) is 0. The lowest BCUT2D eigenvalue weighted by atomic mass is 10.0. The maximum atomic E-state index is 12.5. The molecule has 29 heavy (non-hydrogen) atoms. The van der Waals surface area contributed by atoms with E-state index in [1.165, 1.54) is 69.8 Å². The number of unbranched alkanes of at least 4 members (excludes halogenated alkanes) is 9. The number of benzene rings is 2. The zero-order valence-corrected chi connectivity index (χ0v) is 18.9. The molecule has 0 aliphatic heterocycles. The summed E-state index contributed by atoms with van der Waals surface area (Å²) < 4.78 is 27.6. The second kappa shape index (κ2) is 12.7. The summed E-state index contributed by atoms with van der Waals surface area (Å²) in [5.74, 6) is 0. The Bertz CT molecular complexity index is 796. The highest BCUT2D eigenvalue weighted by molar-refractivity contribution is 7.92. The minimum absolute atomic E-state index is 0.289. The molecule has 0 atom stereocenters. The van der Waals surface area contributed by atoms with Crippen LogP contribution in [0.2, 0.25) is 0 Å². The Balaban J connectivity index is 1.66. The highest BCUT2D eigenvalue weighted by atomic mass is 32.2. The molecule has 0 saturated heterocycles. The van der Waals surface area contributed by atoms with Crippen LogP contribution in [0, 0.1) is 6.92 Å². The predicted octanol–water partition coefficient (Wildman–Crippen LogP) is 7.26. The number of aryl methyl sites for hydroxylation is 2. The van der Waals surface area contributed by atoms with Crippen molar-refractivity contribution in [3.05, 3.63) is 59.7 Å². The van der Waals surface area contributed by atoms with Crippen LogP contribution in [0.25, 0.3) is 0 Å². The fourth-order valence-corrected chi connectivity index (χ4v) is 4.55. The maximum Gasteiger partial charge on any atom is 0.261 e. The third kappa shape index (κ3) is 9.03. The first-order valence-corrected chi connectivity index (χ1v) is 12.7. The monoisotopic (exact) mass is 415 g/mol. The summed E-state index contributed by atoms with van der Waals surface area (Å²) in [4.78, 5) is 0.289. The van der Waals surface area contributed by atoms with Gasteiger partial charge in [0, 0.05) is 5.69 Å². The second-order valence-electron chi connectivity index (χ2n) is 8.05. The summed E-state index contributed by atoms with van der Waals surface area (Å²) in [5.41, 5.74) is 2.92. The third-order valence-corrected chi connectivity index (χ3v) is 6.75. The van der Waals surface area contributed by atoms with Crippen molar-refractivity contribution in [3.8, 4) is 0 Å². The van der Waals surface area contributed by atoms with E-state index in [0.29, 0.717) is 5.69 Å². The highest BCUT2D eigenvalue weighted by Crippen LogP contribution is 2.18. The third-order valence-electron chi connectivity index (χ3n) is 5.36. The van der Waals surface area contributed by atoms with Crippen molar-refractivity contribution in [2.45, 2.75) is 89.4 Å². The number of nitrogens with one attached hydrogen (secondary N) is 1. The molecule has 0 unspecified atom stereocenters. The first-order valence-electron chi connectivity index (χ1n) is 11.2. The number of rotatable bonds is 14. The van der Waals surface area contributed by atoms with E-state index >= 15 is 0 Å². The van der Waals surface area contributed by atoms with E-state index < -0.39 is 10.0 Å².